The van der Waals surface area contributed by atoms with E-state index in [0.29, 0.717) is 17.1 Å². The van der Waals surface area contributed by atoms with Crippen molar-refractivity contribution in [3.05, 3.63) is 46.3 Å². The zero-order valence-corrected chi connectivity index (χ0v) is 7.21. The van der Waals surface area contributed by atoms with E-state index in [1.54, 1.807) is 24.3 Å². The molecule has 0 radical (unpaired) electrons. The summed E-state index contributed by atoms with van der Waals surface area (Å²) >= 11 is 5.73. The Balaban J connectivity index is 3.11. The van der Waals surface area contributed by atoms with E-state index in [-0.39, 0.29) is 0 Å². The van der Waals surface area contributed by atoms with E-state index in [1.165, 1.54) is 0 Å². The van der Waals surface area contributed by atoms with Crippen molar-refractivity contribution in [2.24, 2.45) is 5.18 Å². The van der Waals surface area contributed by atoms with Gasteiger partial charge in [0.05, 0.1) is 0 Å². The molecule has 2 nitrogen and oxygen atoms in total. The molecule has 0 aromatic heterocycles. The third kappa shape index (κ3) is 1.92. The predicted octanol–water partition coefficient (Wildman–Crippen LogP) is 3.47. The summed E-state index contributed by atoms with van der Waals surface area (Å²) in [5.41, 5.74) is 1.24. The fourth-order valence-electron chi connectivity index (χ4n) is 0.962. The number of hydrogen-bond acceptors (Lipinski definition) is 2. The molecule has 0 amide bonds. The minimum atomic E-state index is 0.430. The second-order valence-electron chi connectivity index (χ2n) is 2.36. The topological polar surface area (TPSA) is 29.4 Å². The summed E-state index contributed by atoms with van der Waals surface area (Å²) in [6.45, 7) is 3.57. The van der Waals surface area contributed by atoms with Crippen LogP contribution in [0.2, 0.25) is 5.02 Å². The lowest BCUT2D eigenvalue weighted by molar-refractivity contribution is 1.25. The number of benzene rings is 1. The van der Waals surface area contributed by atoms with E-state index >= 15 is 0 Å². The SMILES string of the molecule is C=CCc1cc(Cl)ccc1N=O. The molecule has 0 N–H and O–H groups in total. The molecule has 0 heterocycles. The van der Waals surface area contributed by atoms with Gasteiger partial charge in [-0.1, -0.05) is 17.7 Å². The van der Waals surface area contributed by atoms with Crippen molar-refractivity contribution < 1.29 is 0 Å². The summed E-state index contributed by atoms with van der Waals surface area (Å²) in [4.78, 5) is 10.3. The monoisotopic (exact) mass is 181 g/mol. The average Bonchev–Trinajstić information content (AvgIpc) is 2.05. The molecule has 0 fully saturated rings. The normalized spacial score (nSPS) is 9.42. The number of rotatable bonds is 3. The van der Waals surface area contributed by atoms with Crippen molar-refractivity contribution in [1.82, 2.24) is 0 Å². The van der Waals surface area contributed by atoms with Gasteiger partial charge in [0.25, 0.3) is 0 Å². The van der Waals surface area contributed by atoms with Crippen molar-refractivity contribution in [2.45, 2.75) is 6.42 Å². The van der Waals surface area contributed by atoms with E-state index in [1.807, 2.05) is 0 Å². The Labute approximate surface area is 75.8 Å². The molecule has 0 saturated heterocycles. The standard InChI is InChI=1S/C9H8ClNO/c1-2-3-7-6-8(10)4-5-9(7)11-12/h2,4-6H,1,3H2. The van der Waals surface area contributed by atoms with Gasteiger partial charge in [0, 0.05) is 5.02 Å². The molecule has 0 aliphatic rings. The predicted molar refractivity (Wildman–Crippen MR) is 50.8 cm³/mol. The largest absolute Gasteiger partial charge is 0.145 e. The molecule has 0 bridgehead atoms. The minimum absolute atomic E-state index is 0.430. The van der Waals surface area contributed by atoms with E-state index in [0.717, 1.165) is 5.56 Å². The van der Waals surface area contributed by atoms with Crippen molar-refractivity contribution in [2.75, 3.05) is 0 Å². The molecule has 0 aliphatic heterocycles. The van der Waals surface area contributed by atoms with Gasteiger partial charge in [0.15, 0.2) is 0 Å². The van der Waals surface area contributed by atoms with Crippen LogP contribution in [0, 0.1) is 4.91 Å². The Bertz CT molecular complexity index is 309. The molecule has 3 heteroatoms. The molecule has 1 aromatic rings. The Kier molecular flexibility index (Phi) is 3.00. The van der Waals surface area contributed by atoms with E-state index < -0.39 is 0 Å². The van der Waals surface area contributed by atoms with Crippen molar-refractivity contribution >= 4 is 17.3 Å². The van der Waals surface area contributed by atoms with Gasteiger partial charge in [0.1, 0.15) is 5.69 Å². The number of nitroso groups, excluding NO2 is 1. The maximum Gasteiger partial charge on any atom is 0.111 e. The van der Waals surface area contributed by atoms with Gasteiger partial charge in [0.2, 0.25) is 0 Å². The van der Waals surface area contributed by atoms with Crippen LogP contribution in [0.15, 0.2) is 36.0 Å². The summed E-state index contributed by atoms with van der Waals surface area (Å²) in [5, 5.41) is 3.48. The van der Waals surface area contributed by atoms with Crippen LogP contribution in [0.5, 0.6) is 0 Å². The number of nitrogens with zero attached hydrogens (tertiary/aromatic N) is 1. The summed E-state index contributed by atoms with van der Waals surface area (Å²) in [6, 6.07) is 4.97. The quantitative estimate of drug-likeness (QED) is 0.519. The zero-order valence-electron chi connectivity index (χ0n) is 6.46. The fraction of sp³-hybridized carbons (Fsp3) is 0.111. The first-order chi connectivity index (χ1) is 5.77. The second-order valence-corrected chi connectivity index (χ2v) is 2.79. The molecule has 0 unspecified atom stereocenters. The Morgan fingerprint density at radius 2 is 2.33 bits per heavy atom. The van der Waals surface area contributed by atoms with Gasteiger partial charge < -0.3 is 0 Å². The summed E-state index contributed by atoms with van der Waals surface area (Å²) < 4.78 is 0. The van der Waals surface area contributed by atoms with Crippen LogP contribution in [0.4, 0.5) is 5.69 Å². The van der Waals surface area contributed by atoms with Crippen molar-refractivity contribution in [3.8, 4) is 0 Å². The minimum Gasteiger partial charge on any atom is -0.145 e. The summed E-state index contributed by atoms with van der Waals surface area (Å²) in [7, 11) is 0. The molecule has 0 atom stereocenters. The summed E-state index contributed by atoms with van der Waals surface area (Å²) in [5.74, 6) is 0. The maximum atomic E-state index is 10.3. The fourth-order valence-corrected chi connectivity index (χ4v) is 1.16. The average molecular weight is 182 g/mol. The molecule has 0 spiro atoms. The molecule has 0 aliphatic carbocycles. The third-order valence-electron chi connectivity index (χ3n) is 1.50. The highest BCUT2D eigenvalue weighted by Gasteiger charge is 2.01. The smallest absolute Gasteiger partial charge is 0.111 e. The lowest BCUT2D eigenvalue weighted by Gasteiger charge is -1.99. The van der Waals surface area contributed by atoms with Gasteiger partial charge in [-0.2, -0.15) is 0 Å². The first kappa shape index (κ1) is 8.94. The van der Waals surface area contributed by atoms with Crippen LogP contribution in [0.25, 0.3) is 0 Å². The van der Waals surface area contributed by atoms with Crippen LogP contribution in [0.1, 0.15) is 5.56 Å². The van der Waals surface area contributed by atoms with Crippen LogP contribution < -0.4 is 0 Å². The van der Waals surface area contributed by atoms with Crippen LogP contribution in [-0.2, 0) is 6.42 Å². The highest BCUT2D eigenvalue weighted by Crippen LogP contribution is 2.23. The van der Waals surface area contributed by atoms with Gasteiger partial charge in [-0.05, 0) is 35.4 Å². The van der Waals surface area contributed by atoms with Gasteiger partial charge in [-0.15, -0.1) is 11.5 Å². The maximum absolute atomic E-state index is 10.3. The molecule has 62 valence electrons. The molecular formula is C9H8ClNO. The van der Waals surface area contributed by atoms with Crippen molar-refractivity contribution in [3.63, 3.8) is 0 Å². The van der Waals surface area contributed by atoms with Crippen LogP contribution in [-0.4, -0.2) is 0 Å². The molecule has 12 heavy (non-hydrogen) atoms. The molecular weight excluding hydrogens is 174 g/mol. The van der Waals surface area contributed by atoms with E-state index in [2.05, 4.69) is 11.8 Å². The van der Waals surface area contributed by atoms with E-state index in [4.69, 9.17) is 11.6 Å². The lowest BCUT2D eigenvalue weighted by atomic mass is 10.1. The van der Waals surface area contributed by atoms with Gasteiger partial charge in [-0.25, -0.2) is 0 Å². The third-order valence-corrected chi connectivity index (χ3v) is 1.74. The second kappa shape index (κ2) is 4.02. The Morgan fingerprint density at radius 3 is 2.92 bits per heavy atom. The molecule has 1 aromatic carbocycles. The first-order valence-corrected chi connectivity index (χ1v) is 3.88. The van der Waals surface area contributed by atoms with Crippen molar-refractivity contribution in [1.29, 1.82) is 0 Å². The highest BCUT2D eigenvalue weighted by molar-refractivity contribution is 6.30. The number of halogens is 1. The van der Waals surface area contributed by atoms with Gasteiger partial charge in [-0.3, -0.25) is 0 Å². The first-order valence-electron chi connectivity index (χ1n) is 3.50. The molecule has 0 saturated carbocycles. The molecule has 1 rings (SSSR count). The highest BCUT2D eigenvalue weighted by atomic mass is 35.5. The summed E-state index contributed by atoms with van der Waals surface area (Å²) in [6.07, 6.45) is 2.32. The van der Waals surface area contributed by atoms with E-state index in [9.17, 15) is 4.91 Å². The van der Waals surface area contributed by atoms with Crippen LogP contribution in [0.3, 0.4) is 0 Å². The number of hydrogen-bond donors (Lipinski definition) is 0. The Morgan fingerprint density at radius 1 is 1.58 bits per heavy atom. The lowest BCUT2D eigenvalue weighted by Crippen LogP contribution is -1.81. The number of allylic oxidation sites excluding steroid dienone is 1. The van der Waals surface area contributed by atoms with Gasteiger partial charge >= 0.3 is 0 Å². The zero-order chi connectivity index (χ0) is 8.97. The Hall–Kier alpha value is -1.15. The van der Waals surface area contributed by atoms with Crippen LogP contribution >= 0.6 is 11.6 Å².